The lowest BCUT2D eigenvalue weighted by atomic mass is 10.1. The number of β-amino-alcohol motifs (C(OH)–C–C–N with tert-alkyl or cyclic N) is 1. The Morgan fingerprint density at radius 1 is 1.32 bits per heavy atom. The highest BCUT2D eigenvalue weighted by atomic mass is 16.5. The number of methoxy groups -OCH3 is 2. The molecule has 106 valence electrons. The first-order valence-corrected chi connectivity index (χ1v) is 6.55. The van der Waals surface area contributed by atoms with Crippen molar-refractivity contribution in [3.8, 4) is 11.5 Å². The first-order chi connectivity index (χ1) is 9.26. The van der Waals surface area contributed by atoms with Gasteiger partial charge in [-0.3, -0.25) is 0 Å². The van der Waals surface area contributed by atoms with E-state index in [2.05, 4.69) is 10.6 Å². The maximum absolute atomic E-state index is 9.72. The molecule has 0 bridgehead atoms. The quantitative estimate of drug-likeness (QED) is 0.694. The summed E-state index contributed by atoms with van der Waals surface area (Å²) in [6.45, 7) is 3.04. The highest BCUT2D eigenvalue weighted by Crippen LogP contribution is 2.30. The third-order valence-electron chi connectivity index (χ3n) is 3.51. The van der Waals surface area contributed by atoms with E-state index in [1.165, 1.54) is 0 Å². The van der Waals surface area contributed by atoms with Crippen molar-refractivity contribution in [2.24, 2.45) is 5.92 Å². The third-order valence-corrected chi connectivity index (χ3v) is 3.51. The lowest BCUT2D eigenvalue weighted by molar-refractivity contribution is 0.146. The maximum atomic E-state index is 9.72. The summed E-state index contributed by atoms with van der Waals surface area (Å²) in [6.07, 6.45) is -0.250. The Bertz CT molecular complexity index is 412. The molecule has 0 amide bonds. The lowest BCUT2D eigenvalue weighted by Crippen LogP contribution is -2.30. The number of rotatable bonds is 6. The van der Waals surface area contributed by atoms with E-state index < -0.39 is 0 Å². The maximum Gasteiger partial charge on any atom is 0.165 e. The number of benzene rings is 1. The van der Waals surface area contributed by atoms with Crippen molar-refractivity contribution in [1.29, 1.82) is 0 Å². The molecule has 1 aromatic carbocycles. The van der Waals surface area contributed by atoms with Gasteiger partial charge in [-0.05, 0) is 6.07 Å². The standard InChI is InChI=1S/C14H22N2O3/c1-18-13-5-3-4-10(14(13)19-2)6-15-7-11-8-16-9-12(11)17/h3-5,11-12,15-17H,6-9H2,1-2H3. The van der Waals surface area contributed by atoms with E-state index in [9.17, 15) is 5.11 Å². The summed E-state index contributed by atoms with van der Waals surface area (Å²) < 4.78 is 10.7. The number of nitrogens with one attached hydrogen (secondary N) is 2. The Labute approximate surface area is 113 Å². The van der Waals surface area contributed by atoms with Crippen molar-refractivity contribution >= 4 is 0 Å². The largest absolute Gasteiger partial charge is 0.493 e. The van der Waals surface area contributed by atoms with Crippen molar-refractivity contribution in [3.05, 3.63) is 23.8 Å². The fourth-order valence-corrected chi connectivity index (χ4v) is 2.41. The molecule has 5 heteroatoms. The van der Waals surface area contributed by atoms with Gasteiger partial charge in [-0.2, -0.15) is 0 Å². The monoisotopic (exact) mass is 266 g/mol. The average molecular weight is 266 g/mol. The normalized spacial score (nSPS) is 22.5. The smallest absolute Gasteiger partial charge is 0.165 e. The van der Waals surface area contributed by atoms with E-state index in [0.717, 1.165) is 30.2 Å². The summed E-state index contributed by atoms with van der Waals surface area (Å²) in [5.74, 6) is 1.78. The van der Waals surface area contributed by atoms with E-state index >= 15 is 0 Å². The molecule has 0 aromatic heterocycles. The lowest BCUT2D eigenvalue weighted by Gasteiger charge is -2.16. The van der Waals surface area contributed by atoms with Crippen LogP contribution in [0.25, 0.3) is 0 Å². The van der Waals surface area contributed by atoms with Gasteiger partial charge in [0.25, 0.3) is 0 Å². The molecule has 2 unspecified atom stereocenters. The summed E-state index contributed by atoms with van der Waals surface area (Å²) in [5, 5.41) is 16.3. The summed E-state index contributed by atoms with van der Waals surface area (Å²) in [7, 11) is 3.28. The Balaban J connectivity index is 1.92. The second kappa shape index (κ2) is 6.75. The van der Waals surface area contributed by atoms with Gasteiger partial charge in [0.1, 0.15) is 0 Å². The van der Waals surface area contributed by atoms with Crippen molar-refractivity contribution in [2.45, 2.75) is 12.6 Å². The molecule has 2 rings (SSSR count). The van der Waals surface area contributed by atoms with E-state index in [-0.39, 0.29) is 12.0 Å². The van der Waals surface area contributed by atoms with Gasteiger partial charge in [-0.15, -0.1) is 0 Å². The van der Waals surface area contributed by atoms with Crippen molar-refractivity contribution in [1.82, 2.24) is 10.6 Å². The topological polar surface area (TPSA) is 62.8 Å². The van der Waals surface area contributed by atoms with Crippen molar-refractivity contribution in [3.63, 3.8) is 0 Å². The first-order valence-electron chi connectivity index (χ1n) is 6.55. The summed E-state index contributed by atoms with van der Waals surface area (Å²) in [4.78, 5) is 0. The van der Waals surface area contributed by atoms with Crippen molar-refractivity contribution in [2.75, 3.05) is 33.9 Å². The fourth-order valence-electron chi connectivity index (χ4n) is 2.41. The number of aliphatic hydroxyl groups is 1. The molecule has 1 aliphatic rings. The molecule has 1 saturated heterocycles. The minimum atomic E-state index is -0.250. The number of para-hydroxylation sites is 1. The van der Waals surface area contributed by atoms with Crippen LogP contribution >= 0.6 is 0 Å². The fraction of sp³-hybridized carbons (Fsp3) is 0.571. The Kier molecular flexibility index (Phi) is 5.01. The van der Waals surface area contributed by atoms with Gasteiger partial charge in [0.2, 0.25) is 0 Å². The van der Waals surface area contributed by atoms with Gasteiger partial charge < -0.3 is 25.2 Å². The predicted molar refractivity (Wildman–Crippen MR) is 73.6 cm³/mol. The van der Waals surface area contributed by atoms with Gasteiger partial charge in [-0.1, -0.05) is 12.1 Å². The van der Waals surface area contributed by atoms with E-state index in [1.54, 1.807) is 14.2 Å². The van der Waals surface area contributed by atoms with Crippen LogP contribution in [0.5, 0.6) is 11.5 Å². The molecule has 1 fully saturated rings. The van der Waals surface area contributed by atoms with Gasteiger partial charge in [0, 0.05) is 37.7 Å². The second-order valence-electron chi connectivity index (χ2n) is 4.77. The highest BCUT2D eigenvalue weighted by Gasteiger charge is 2.24. The molecular formula is C14H22N2O3. The van der Waals surface area contributed by atoms with Gasteiger partial charge in [0.05, 0.1) is 20.3 Å². The zero-order valence-corrected chi connectivity index (χ0v) is 11.5. The Morgan fingerprint density at radius 3 is 2.79 bits per heavy atom. The van der Waals surface area contributed by atoms with Crippen LogP contribution in [0.2, 0.25) is 0 Å². The van der Waals surface area contributed by atoms with Crippen LogP contribution in [0.3, 0.4) is 0 Å². The minimum absolute atomic E-state index is 0.250. The number of hydrogen-bond acceptors (Lipinski definition) is 5. The molecule has 0 saturated carbocycles. The molecule has 0 spiro atoms. The summed E-state index contributed by atoms with van der Waals surface area (Å²) in [5.41, 5.74) is 1.06. The zero-order valence-electron chi connectivity index (χ0n) is 11.5. The van der Waals surface area contributed by atoms with Crippen LogP contribution < -0.4 is 20.1 Å². The van der Waals surface area contributed by atoms with Gasteiger partial charge >= 0.3 is 0 Å². The van der Waals surface area contributed by atoms with E-state index in [1.807, 2.05) is 18.2 Å². The SMILES string of the molecule is COc1cccc(CNCC2CNCC2O)c1OC. The molecule has 5 nitrogen and oxygen atoms in total. The van der Waals surface area contributed by atoms with Crippen LogP contribution in [0, 0.1) is 5.92 Å². The Morgan fingerprint density at radius 2 is 2.16 bits per heavy atom. The molecule has 1 aliphatic heterocycles. The molecule has 2 atom stereocenters. The number of hydrogen-bond donors (Lipinski definition) is 3. The number of aliphatic hydroxyl groups excluding tert-OH is 1. The molecule has 0 aliphatic carbocycles. The third kappa shape index (κ3) is 3.37. The molecule has 0 radical (unpaired) electrons. The van der Waals surface area contributed by atoms with E-state index in [0.29, 0.717) is 13.1 Å². The molecule has 3 N–H and O–H groups in total. The second-order valence-corrected chi connectivity index (χ2v) is 4.77. The molecule has 19 heavy (non-hydrogen) atoms. The van der Waals surface area contributed by atoms with Crippen molar-refractivity contribution < 1.29 is 14.6 Å². The highest BCUT2D eigenvalue weighted by molar-refractivity contribution is 5.46. The summed E-state index contributed by atoms with van der Waals surface area (Å²) in [6, 6.07) is 5.84. The van der Waals surface area contributed by atoms with Crippen LogP contribution in [-0.2, 0) is 6.54 Å². The molecule has 1 aromatic rings. The van der Waals surface area contributed by atoms with Crippen LogP contribution in [0.4, 0.5) is 0 Å². The van der Waals surface area contributed by atoms with E-state index in [4.69, 9.17) is 9.47 Å². The van der Waals surface area contributed by atoms with Gasteiger partial charge in [-0.25, -0.2) is 0 Å². The van der Waals surface area contributed by atoms with Crippen LogP contribution in [0.15, 0.2) is 18.2 Å². The van der Waals surface area contributed by atoms with Gasteiger partial charge in [0.15, 0.2) is 11.5 Å². The molecule has 1 heterocycles. The number of ether oxygens (including phenoxy) is 2. The minimum Gasteiger partial charge on any atom is -0.493 e. The Hall–Kier alpha value is -1.30. The zero-order chi connectivity index (χ0) is 13.7. The van der Waals surface area contributed by atoms with Crippen LogP contribution in [0.1, 0.15) is 5.56 Å². The van der Waals surface area contributed by atoms with Crippen LogP contribution in [-0.4, -0.2) is 45.1 Å². The first kappa shape index (κ1) is 14.1. The predicted octanol–water partition coefficient (Wildman–Crippen LogP) is 0.374. The average Bonchev–Trinajstić information content (AvgIpc) is 2.84. The summed E-state index contributed by atoms with van der Waals surface area (Å²) >= 11 is 0. The molecular weight excluding hydrogens is 244 g/mol.